The normalized spacial score (nSPS) is 18.8. The van der Waals surface area contributed by atoms with Crippen LogP contribution >= 0.6 is 0 Å². The summed E-state index contributed by atoms with van der Waals surface area (Å²) < 4.78 is 17.1. The lowest BCUT2D eigenvalue weighted by molar-refractivity contribution is 0.0440. The zero-order chi connectivity index (χ0) is 21.0. The van der Waals surface area contributed by atoms with Gasteiger partial charge in [0.05, 0.1) is 6.10 Å². The molecule has 1 aliphatic carbocycles. The molecule has 1 aromatic carbocycles. The van der Waals surface area contributed by atoms with Crippen LogP contribution in [0.1, 0.15) is 48.4 Å². The molecule has 2 fully saturated rings. The number of amides is 1. The number of fused-ring (bicyclic) bond motifs is 1. The van der Waals surface area contributed by atoms with Gasteiger partial charge in [-0.3, -0.25) is 9.78 Å². The summed E-state index contributed by atoms with van der Waals surface area (Å²) in [5, 5.41) is 6.03. The van der Waals surface area contributed by atoms with E-state index in [0.29, 0.717) is 23.9 Å². The molecule has 1 saturated carbocycles. The first-order valence-corrected chi connectivity index (χ1v) is 11.1. The van der Waals surface area contributed by atoms with Gasteiger partial charge in [0, 0.05) is 48.9 Å². The molecule has 0 spiro atoms. The van der Waals surface area contributed by atoms with Crippen molar-refractivity contribution in [2.45, 2.75) is 44.8 Å². The van der Waals surface area contributed by atoms with Crippen molar-refractivity contribution >= 4 is 16.7 Å². The van der Waals surface area contributed by atoms with Crippen LogP contribution in [0, 0.1) is 5.92 Å². The number of carbonyl (C=O) groups excluding carboxylic acids is 1. The SMILES string of the molecule is O=C(c1cc(COc2cccc3cnccc23)on1)N(CC1CCC1)CC1CCCO1. The number of pyridine rings is 1. The van der Waals surface area contributed by atoms with Crippen molar-refractivity contribution in [1.29, 1.82) is 0 Å². The third kappa shape index (κ3) is 4.56. The van der Waals surface area contributed by atoms with E-state index in [1.165, 1.54) is 19.3 Å². The highest BCUT2D eigenvalue weighted by molar-refractivity contribution is 5.92. The van der Waals surface area contributed by atoms with Gasteiger partial charge in [-0.25, -0.2) is 0 Å². The monoisotopic (exact) mass is 421 g/mol. The molecule has 2 aromatic heterocycles. The Balaban J connectivity index is 1.26. The fourth-order valence-electron chi connectivity index (χ4n) is 4.27. The fraction of sp³-hybridized carbons (Fsp3) is 0.458. The Morgan fingerprint density at radius 2 is 2.10 bits per heavy atom. The Hall–Kier alpha value is -2.93. The van der Waals surface area contributed by atoms with Gasteiger partial charge in [-0.2, -0.15) is 0 Å². The van der Waals surface area contributed by atoms with Gasteiger partial charge in [0.2, 0.25) is 0 Å². The summed E-state index contributed by atoms with van der Waals surface area (Å²) in [5.74, 6) is 1.76. The predicted molar refractivity (Wildman–Crippen MR) is 115 cm³/mol. The zero-order valence-corrected chi connectivity index (χ0v) is 17.5. The van der Waals surface area contributed by atoms with Crippen LogP contribution in [-0.2, 0) is 11.3 Å². The number of carbonyl (C=O) groups is 1. The average Bonchev–Trinajstić information content (AvgIpc) is 3.45. The summed E-state index contributed by atoms with van der Waals surface area (Å²) in [5.41, 5.74) is 0.332. The molecule has 3 aromatic rings. The zero-order valence-electron chi connectivity index (χ0n) is 17.5. The minimum atomic E-state index is -0.0892. The van der Waals surface area contributed by atoms with Gasteiger partial charge in [0.1, 0.15) is 12.4 Å². The quantitative estimate of drug-likeness (QED) is 0.542. The molecule has 1 atom stereocenters. The predicted octanol–water partition coefficient (Wildman–Crippen LogP) is 4.22. The Morgan fingerprint density at radius 1 is 1.16 bits per heavy atom. The minimum Gasteiger partial charge on any atom is -0.485 e. The van der Waals surface area contributed by atoms with Crippen molar-refractivity contribution in [2.75, 3.05) is 19.7 Å². The molecule has 1 saturated heterocycles. The van der Waals surface area contributed by atoms with E-state index >= 15 is 0 Å². The number of hydrogen-bond donors (Lipinski definition) is 0. The molecular formula is C24H27N3O4. The van der Waals surface area contributed by atoms with Crippen LogP contribution in [0.3, 0.4) is 0 Å². The highest BCUT2D eigenvalue weighted by atomic mass is 16.5. The van der Waals surface area contributed by atoms with Gasteiger partial charge in [-0.1, -0.05) is 23.7 Å². The van der Waals surface area contributed by atoms with Crippen LogP contribution in [0.15, 0.2) is 47.2 Å². The highest BCUT2D eigenvalue weighted by Crippen LogP contribution is 2.29. The summed E-state index contributed by atoms with van der Waals surface area (Å²) in [6.45, 7) is 2.38. The van der Waals surface area contributed by atoms with E-state index in [9.17, 15) is 4.79 Å². The van der Waals surface area contributed by atoms with Gasteiger partial charge in [0.15, 0.2) is 11.5 Å². The van der Waals surface area contributed by atoms with E-state index < -0.39 is 0 Å². The van der Waals surface area contributed by atoms with E-state index in [0.717, 1.165) is 42.5 Å². The second-order valence-electron chi connectivity index (χ2n) is 8.46. The van der Waals surface area contributed by atoms with E-state index in [1.807, 2.05) is 29.2 Å². The summed E-state index contributed by atoms with van der Waals surface area (Å²) >= 11 is 0. The molecule has 1 amide bonds. The Labute approximate surface area is 181 Å². The number of rotatable bonds is 8. The van der Waals surface area contributed by atoms with Crippen molar-refractivity contribution in [2.24, 2.45) is 5.92 Å². The summed E-state index contributed by atoms with van der Waals surface area (Å²) in [6, 6.07) is 9.44. The van der Waals surface area contributed by atoms with Crippen molar-refractivity contribution in [3.8, 4) is 5.75 Å². The number of ether oxygens (including phenoxy) is 2. The average molecular weight is 421 g/mol. The topological polar surface area (TPSA) is 77.7 Å². The molecule has 5 rings (SSSR count). The minimum absolute atomic E-state index is 0.0892. The maximum absolute atomic E-state index is 13.2. The lowest BCUT2D eigenvalue weighted by Crippen LogP contribution is -2.42. The molecule has 7 nitrogen and oxygen atoms in total. The summed E-state index contributed by atoms with van der Waals surface area (Å²) in [7, 11) is 0. The number of hydrogen-bond acceptors (Lipinski definition) is 6. The fourth-order valence-corrected chi connectivity index (χ4v) is 4.27. The first kappa shape index (κ1) is 20.0. The van der Waals surface area contributed by atoms with Crippen LogP contribution in [0.25, 0.3) is 10.8 Å². The first-order chi connectivity index (χ1) is 15.3. The maximum Gasteiger partial charge on any atom is 0.276 e. The van der Waals surface area contributed by atoms with Gasteiger partial charge in [-0.15, -0.1) is 0 Å². The first-order valence-electron chi connectivity index (χ1n) is 11.1. The Morgan fingerprint density at radius 3 is 2.90 bits per heavy atom. The van der Waals surface area contributed by atoms with Gasteiger partial charge < -0.3 is 18.9 Å². The third-order valence-corrected chi connectivity index (χ3v) is 6.23. The smallest absolute Gasteiger partial charge is 0.276 e. The lowest BCUT2D eigenvalue weighted by Gasteiger charge is -2.33. The van der Waals surface area contributed by atoms with Crippen LogP contribution in [0.2, 0.25) is 0 Å². The second kappa shape index (κ2) is 9.06. The standard InChI is InChI=1S/C24H27N3O4/c28-24(27(14-17-4-1-5-17)15-19-7-3-11-29-19)22-12-20(31-26-22)16-30-23-8-2-6-18-13-25-10-9-21(18)23/h2,6,8-10,12-13,17,19H,1,3-5,7,11,14-16H2. The molecule has 1 aliphatic heterocycles. The molecule has 0 bridgehead atoms. The maximum atomic E-state index is 13.2. The van der Waals surface area contributed by atoms with E-state index in [-0.39, 0.29) is 18.6 Å². The van der Waals surface area contributed by atoms with Gasteiger partial charge in [0.25, 0.3) is 5.91 Å². The Kier molecular flexibility index (Phi) is 5.84. The van der Waals surface area contributed by atoms with E-state index in [2.05, 4.69) is 10.1 Å². The van der Waals surface area contributed by atoms with Crippen molar-refractivity contribution in [3.63, 3.8) is 0 Å². The molecule has 31 heavy (non-hydrogen) atoms. The van der Waals surface area contributed by atoms with Crippen LogP contribution in [-0.4, -0.2) is 46.7 Å². The van der Waals surface area contributed by atoms with Crippen molar-refractivity contribution in [3.05, 3.63) is 54.2 Å². The molecular weight excluding hydrogens is 394 g/mol. The summed E-state index contributed by atoms with van der Waals surface area (Å²) in [6.07, 6.45) is 9.37. The molecule has 0 radical (unpaired) electrons. The van der Waals surface area contributed by atoms with E-state index in [1.54, 1.807) is 18.5 Å². The van der Waals surface area contributed by atoms with Crippen LogP contribution in [0.4, 0.5) is 0 Å². The molecule has 2 aliphatic rings. The number of aromatic nitrogens is 2. The molecule has 162 valence electrons. The number of benzene rings is 1. The highest BCUT2D eigenvalue weighted by Gasteiger charge is 2.29. The number of nitrogens with zero attached hydrogens (tertiary/aromatic N) is 3. The summed E-state index contributed by atoms with van der Waals surface area (Å²) in [4.78, 5) is 19.2. The lowest BCUT2D eigenvalue weighted by atomic mass is 9.85. The molecule has 0 N–H and O–H groups in total. The van der Waals surface area contributed by atoms with Crippen LogP contribution in [0.5, 0.6) is 5.75 Å². The van der Waals surface area contributed by atoms with Crippen molar-refractivity contribution in [1.82, 2.24) is 15.0 Å². The van der Waals surface area contributed by atoms with Crippen molar-refractivity contribution < 1.29 is 18.8 Å². The molecule has 3 heterocycles. The molecule has 1 unspecified atom stereocenters. The third-order valence-electron chi connectivity index (χ3n) is 6.23. The second-order valence-corrected chi connectivity index (χ2v) is 8.46. The largest absolute Gasteiger partial charge is 0.485 e. The van der Waals surface area contributed by atoms with Gasteiger partial charge >= 0.3 is 0 Å². The van der Waals surface area contributed by atoms with E-state index in [4.69, 9.17) is 14.0 Å². The molecule has 7 heteroatoms. The van der Waals surface area contributed by atoms with Gasteiger partial charge in [-0.05, 0) is 43.7 Å². The van der Waals surface area contributed by atoms with Crippen LogP contribution < -0.4 is 4.74 Å². The Bertz CT molecular complexity index is 1030.